The van der Waals surface area contributed by atoms with Crippen molar-refractivity contribution in [2.24, 2.45) is 0 Å². The molecule has 0 saturated carbocycles. The first-order valence-electron chi connectivity index (χ1n) is 10.6. The van der Waals surface area contributed by atoms with Crippen LogP contribution in [0.3, 0.4) is 0 Å². The van der Waals surface area contributed by atoms with Crippen LogP contribution in [0.2, 0.25) is 0 Å². The lowest BCUT2D eigenvalue weighted by Gasteiger charge is -2.24. The Labute approximate surface area is 190 Å². The number of methoxy groups -OCH3 is 2. The Morgan fingerprint density at radius 3 is 2.25 bits per heavy atom. The summed E-state index contributed by atoms with van der Waals surface area (Å²) in [7, 11) is -0.736. The molecule has 1 saturated heterocycles. The highest BCUT2D eigenvalue weighted by atomic mass is 32.2. The summed E-state index contributed by atoms with van der Waals surface area (Å²) in [6.45, 7) is 3.68. The number of carbonyl (C=O) groups is 1. The third-order valence-corrected chi connectivity index (χ3v) is 6.73. The lowest BCUT2D eigenvalue weighted by atomic mass is 10.1. The Morgan fingerprint density at radius 2 is 1.69 bits per heavy atom. The molecule has 0 aromatic heterocycles. The average molecular weight is 462 g/mol. The van der Waals surface area contributed by atoms with Crippen LogP contribution in [0, 0.1) is 0 Å². The van der Waals surface area contributed by atoms with E-state index in [9.17, 15) is 13.2 Å². The number of benzene rings is 2. The molecule has 9 heteroatoms. The van der Waals surface area contributed by atoms with Gasteiger partial charge in [0.2, 0.25) is 15.9 Å². The number of carbonyl (C=O) groups excluding carboxylic acids is 1. The second kappa shape index (κ2) is 10.1. The molecule has 0 spiro atoms. The predicted octanol–water partition coefficient (Wildman–Crippen LogP) is 2.95. The third kappa shape index (κ3) is 5.64. The van der Waals surface area contributed by atoms with Crippen molar-refractivity contribution in [3.05, 3.63) is 48.0 Å². The first kappa shape index (κ1) is 23.7. The monoisotopic (exact) mass is 461 g/mol. The van der Waals surface area contributed by atoms with Crippen molar-refractivity contribution in [2.45, 2.75) is 25.8 Å². The summed E-state index contributed by atoms with van der Waals surface area (Å²) in [6.07, 6.45) is 3.49. The molecule has 1 N–H and O–H groups in total. The lowest BCUT2D eigenvalue weighted by molar-refractivity contribution is -0.120. The molecule has 2 aromatic rings. The fraction of sp³-hybridized carbons (Fsp3) is 0.435. The van der Waals surface area contributed by atoms with Crippen LogP contribution < -0.4 is 24.0 Å². The molecule has 1 atom stereocenters. The molecule has 1 aliphatic rings. The average Bonchev–Trinajstić information content (AvgIpc) is 3.31. The highest BCUT2D eigenvalue weighted by Crippen LogP contribution is 2.32. The quantitative estimate of drug-likeness (QED) is 0.618. The molecule has 1 fully saturated rings. The highest BCUT2D eigenvalue weighted by molar-refractivity contribution is 7.92. The van der Waals surface area contributed by atoms with Crippen molar-refractivity contribution in [3.63, 3.8) is 0 Å². The fourth-order valence-electron chi connectivity index (χ4n) is 3.83. The van der Waals surface area contributed by atoms with Crippen molar-refractivity contribution >= 4 is 27.3 Å². The zero-order valence-electron chi connectivity index (χ0n) is 19.0. The van der Waals surface area contributed by atoms with Crippen molar-refractivity contribution < 1.29 is 22.7 Å². The van der Waals surface area contributed by atoms with Crippen LogP contribution in [0.1, 0.15) is 31.4 Å². The van der Waals surface area contributed by atoms with Gasteiger partial charge >= 0.3 is 0 Å². The Morgan fingerprint density at radius 1 is 1.06 bits per heavy atom. The number of sulfonamides is 1. The molecule has 0 aliphatic carbocycles. The van der Waals surface area contributed by atoms with Crippen LogP contribution in [-0.4, -0.2) is 54.4 Å². The molecule has 1 amide bonds. The highest BCUT2D eigenvalue weighted by Gasteiger charge is 2.23. The van der Waals surface area contributed by atoms with E-state index in [0.29, 0.717) is 17.2 Å². The molecule has 1 unspecified atom stereocenters. The van der Waals surface area contributed by atoms with Gasteiger partial charge in [-0.15, -0.1) is 0 Å². The number of hydrogen-bond acceptors (Lipinski definition) is 6. The van der Waals surface area contributed by atoms with Gasteiger partial charge in [0.25, 0.3) is 0 Å². The van der Waals surface area contributed by atoms with Crippen LogP contribution in [0.15, 0.2) is 42.5 Å². The molecule has 8 nitrogen and oxygen atoms in total. The molecule has 0 bridgehead atoms. The van der Waals surface area contributed by atoms with E-state index in [1.54, 1.807) is 12.1 Å². The van der Waals surface area contributed by atoms with E-state index < -0.39 is 15.9 Å². The minimum Gasteiger partial charge on any atom is -0.493 e. The number of nitrogens with zero attached hydrogens (tertiary/aromatic N) is 2. The van der Waals surface area contributed by atoms with Crippen LogP contribution in [-0.2, 0) is 14.8 Å². The van der Waals surface area contributed by atoms with E-state index in [-0.39, 0.29) is 12.6 Å². The van der Waals surface area contributed by atoms with E-state index >= 15 is 0 Å². The van der Waals surface area contributed by atoms with Gasteiger partial charge in [0.1, 0.15) is 6.54 Å². The first-order valence-corrected chi connectivity index (χ1v) is 12.4. The molecule has 1 aliphatic heterocycles. The van der Waals surface area contributed by atoms with E-state index in [1.165, 1.54) is 38.8 Å². The Kier molecular flexibility index (Phi) is 7.50. The maximum atomic E-state index is 12.7. The zero-order valence-corrected chi connectivity index (χ0v) is 19.8. The van der Waals surface area contributed by atoms with Crippen molar-refractivity contribution in [3.8, 4) is 11.5 Å². The minimum absolute atomic E-state index is 0.262. The Balaban J connectivity index is 1.70. The SMILES string of the molecule is COc1ccc(N(CC(=O)NC(C)c2ccc(N3CCCC3)cc2)S(C)(=O)=O)cc1OC. The summed E-state index contributed by atoms with van der Waals surface area (Å²) in [6, 6.07) is 12.6. The van der Waals surface area contributed by atoms with Gasteiger partial charge < -0.3 is 19.7 Å². The standard InChI is InChI=1S/C23H31N3O5S/c1-17(18-7-9-19(10-8-18)25-13-5-6-14-25)24-23(27)16-26(32(4,28)29)20-11-12-21(30-2)22(15-20)31-3/h7-12,15,17H,5-6,13-14,16H2,1-4H3,(H,24,27). The summed E-state index contributed by atoms with van der Waals surface area (Å²) in [5.41, 5.74) is 2.46. The smallest absolute Gasteiger partial charge is 0.241 e. The molecule has 3 rings (SSSR count). The summed E-state index contributed by atoms with van der Waals surface area (Å²) in [4.78, 5) is 15.1. The molecule has 32 heavy (non-hydrogen) atoms. The largest absolute Gasteiger partial charge is 0.493 e. The number of rotatable bonds is 9. The number of ether oxygens (including phenoxy) is 2. The summed E-state index contributed by atoms with van der Waals surface area (Å²) >= 11 is 0. The minimum atomic E-state index is -3.70. The fourth-order valence-corrected chi connectivity index (χ4v) is 4.68. The van der Waals surface area contributed by atoms with Crippen LogP contribution >= 0.6 is 0 Å². The molecule has 1 heterocycles. The molecular formula is C23H31N3O5S. The number of amides is 1. The van der Waals surface area contributed by atoms with Gasteiger partial charge in [-0.05, 0) is 49.6 Å². The van der Waals surface area contributed by atoms with Crippen LogP contribution in [0.25, 0.3) is 0 Å². The van der Waals surface area contributed by atoms with Gasteiger partial charge in [0.05, 0.1) is 32.2 Å². The zero-order chi connectivity index (χ0) is 23.3. The molecule has 174 valence electrons. The van der Waals surface area contributed by atoms with Crippen LogP contribution in [0.5, 0.6) is 11.5 Å². The molecule has 2 aromatic carbocycles. The molecular weight excluding hydrogens is 430 g/mol. The van der Waals surface area contributed by atoms with Crippen molar-refractivity contribution in [1.29, 1.82) is 0 Å². The van der Waals surface area contributed by atoms with Gasteiger partial charge in [-0.2, -0.15) is 0 Å². The van der Waals surface area contributed by atoms with Gasteiger partial charge in [0.15, 0.2) is 11.5 Å². The topological polar surface area (TPSA) is 88.2 Å². The van der Waals surface area contributed by atoms with Crippen LogP contribution in [0.4, 0.5) is 11.4 Å². The van der Waals surface area contributed by atoms with Crippen molar-refractivity contribution in [2.75, 3.05) is 49.3 Å². The molecule has 0 radical (unpaired) electrons. The first-order chi connectivity index (χ1) is 15.2. The summed E-state index contributed by atoms with van der Waals surface area (Å²) in [5.74, 6) is 0.451. The van der Waals surface area contributed by atoms with Gasteiger partial charge in [-0.3, -0.25) is 9.10 Å². The van der Waals surface area contributed by atoms with E-state index in [4.69, 9.17) is 9.47 Å². The Bertz CT molecular complexity index is 1030. The second-order valence-electron chi connectivity index (χ2n) is 7.88. The van der Waals surface area contributed by atoms with Gasteiger partial charge in [-0.1, -0.05) is 12.1 Å². The lowest BCUT2D eigenvalue weighted by Crippen LogP contribution is -2.41. The van der Waals surface area contributed by atoms with Gasteiger partial charge in [0, 0.05) is 24.8 Å². The second-order valence-corrected chi connectivity index (χ2v) is 9.79. The number of hydrogen-bond donors (Lipinski definition) is 1. The van der Waals surface area contributed by atoms with E-state index in [1.807, 2.05) is 19.1 Å². The maximum Gasteiger partial charge on any atom is 0.241 e. The number of nitrogens with one attached hydrogen (secondary N) is 1. The number of anilines is 2. The Hall–Kier alpha value is -2.94. The summed E-state index contributed by atoms with van der Waals surface area (Å²) in [5, 5.41) is 2.89. The third-order valence-electron chi connectivity index (χ3n) is 5.58. The van der Waals surface area contributed by atoms with Gasteiger partial charge in [-0.25, -0.2) is 8.42 Å². The summed E-state index contributed by atoms with van der Waals surface area (Å²) < 4.78 is 36.3. The predicted molar refractivity (Wildman–Crippen MR) is 126 cm³/mol. The van der Waals surface area contributed by atoms with E-state index in [2.05, 4.69) is 22.3 Å². The van der Waals surface area contributed by atoms with E-state index in [0.717, 1.165) is 29.2 Å². The maximum absolute atomic E-state index is 12.7. The normalized spacial score (nSPS) is 14.7. The van der Waals surface area contributed by atoms with Crippen molar-refractivity contribution in [1.82, 2.24) is 5.32 Å².